The Morgan fingerprint density at radius 2 is 2.46 bits per heavy atom. The van der Waals surface area contributed by atoms with Crippen LogP contribution in [-0.2, 0) is 4.74 Å². The molecule has 1 aliphatic heterocycles. The standard InChI is InChI=1S/C9H17NO3/c1-7-5-10(4-3-8(2)11)9(12)13-6-7/h7-8,11H,3-6H2,1-2H3. The van der Waals surface area contributed by atoms with E-state index in [2.05, 4.69) is 0 Å². The fourth-order valence-electron chi connectivity index (χ4n) is 1.33. The van der Waals surface area contributed by atoms with Crippen molar-refractivity contribution in [1.82, 2.24) is 4.90 Å². The van der Waals surface area contributed by atoms with Gasteiger partial charge in [-0.3, -0.25) is 0 Å². The maximum absolute atomic E-state index is 11.2. The average molecular weight is 187 g/mol. The Morgan fingerprint density at radius 1 is 1.77 bits per heavy atom. The van der Waals surface area contributed by atoms with Crippen LogP contribution in [0.1, 0.15) is 20.3 Å². The van der Waals surface area contributed by atoms with Gasteiger partial charge in [-0.25, -0.2) is 4.79 Å². The van der Waals surface area contributed by atoms with Crippen molar-refractivity contribution in [2.45, 2.75) is 26.4 Å². The fraction of sp³-hybridized carbons (Fsp3) is 0.889. The maximum Gasteiger partial charge on any atom is 0.409 e. The van der Waals surface area contributed by atoms with Gasteiger partial charge in [0.25, 0.3) is 0 Å². The summed E-state index contributed by atoms with van der Waals surface area (Å²) in [5, 5.41) is 9.06. The minimum absolute atomic E-state index is 0.251. The minimum Gasteiger partial charge on any atom is -0.449 e. The van der Waals surface area contributed by atoms with E-state index in [1.807, 2.05) is 6.92 Å². The predicted molar refractivity (Wildman–Crippen MR) is 48.4 cm³/mol. The van der Waals surface area contributed by atoms with Crippen molar-refractivity contribution in [2.75, 3.05) is 19.7 Å². The van der Waals surface area contributed by atoms with Gasteiger partial charge < -0.3 is 14.7 Å². The molecule has 1 amide bonds. The molecule has 2 atom stereocenters. The van der Waals surface area contributed by atoms with Crippen LogP contribution in [0.5, 0.6) is 0 Å². The Bertz CT molecular complexity index is 182. The highest BCUT2D eigenvalue weighted by Gasteiger charge is 2.23. The molecule has 0 bridgehead atoms. The number of amides is 1. The van der Waals surface area contributed by atoms with Gasteiger partial charge in [0.1, 0.15) is 0 Å². The first-order valence-corrected chi connectivity index (χ1v) is 4.69. The molecule has 1 rings (SSSR count). The molecule has 1 aliphatic rings. The first-order valence-electron chi connectivity index (χ1n) is 4.69. The van der Waals surface area contributed by atoms with Crippen molar-refractivity contribution in [3.8, 4) is 0 Å². The molecule has 0 radical (unpaired) electrons. The number of aliphatic hydroxyl groups excluding tert-OH is 1. The van der Waals surface area contributed by atoms with Crippen LogP contribution in [0.25, 0.3) is 0 Å². The molecule has 0 aliphatic carbocycles. The van der Waals surface area contributed by atoms with Gasteiger partial charge >= 0.3 is 6.09 Å². The van der Waals surface area contributed by atoms with E-state index >= 15 is 0 Å². The van der Waals surface area contributed by atoms with Gasteiger partial charge in [-0.1, -0.05) is 6.92 Å². The molecule has 1 N–H and O–H groups in total. The first kappa shape index (κ1) is 10.3. The third kappa shape index (κ3) is 3.22. The maximum atomic E-state index is 11.2. The lowest BCUT2D eigenvalue weighted by atomic mass is 10.1. The zero-order valence-electron chi connectivity index (χ0n) is 8.19. The Balaban J connectivity index is 2.33. The SMILES string of the molecule is CC(O)CCN1CC(C)COC1=O. The van der Waals surface area contributed by atoms with Crippen LogP contribution in [0.2, 0.25) is 0 Å². The highest BCUT2D eigenvalue weighted by atomic mass is 16.6. The predicted octanol–water partition coefficient (Wildman–Crippen LogP) is 0.846. The number of carbonyl (C=O) groups excluding carboxylic acids is 1. The van der Waals surface area contributed by atoms with Crippen molar-refractivity contribution in [2.24, 2.45) is 5.92 Å². The highest BCUT2D eigenvalue weighted by Crippen LogP contribution is 2.11. The molecule has 0 aromatic heterocycles. The lowest BCUT2D eigenvalue weighted by Gasteiger charge is -2.30. The molecule has 4 heteroatoms. The molecule has 2 unspecified atom stereocenters. The van der Waals surface area contributed by atoms with Crippen LogP contribution in [-0.4, -0.2) is 41.9 Å². The van der Waals surface area contributed by atoms with Crippen molar-refractivity contribution >= 4 is 6.09 Å². The number of rotatable bonds is 3. The highest BCUT2D eigenvalue weighted by molar-refractivity contribution is 5.68. The molecule has 0 saturated carbocycles. The molecule has 0 spiro atoms. The van der Waals surface area contributed by atoms with Crippen LogP contribution < -0.4 is 0 Å². The summed E-state index contributed by atoms with van der Waals surface area (Å²) in [7, 11) is 0. The van der Waals surface area contributed by atoms with E-state index in [9.17, 15) is 4.79 Å². The molecule has 76 valence electrons. The monoisotopic (exact) mass is 187 g/mol. The van der Waals surface area contributed by atoms with Crippen LogP contribution in [0.3, 0.4) is 0 Å². The third-order valence-electron chi connectivity index (χ3n) is 2.10. The van der Waals surface area contributed by atoms with Crippen LogP contribution in [0.15, 0.2) is 0 Å². The summed E-state index contributed by atoms with van der Waals surface area (Å²) in [5.74, 6) is 0.395. The van der Waals surface area contributed by atoms with Crippen LogP contribution in [0.4, 0.5) is 4.79 Å². The number of aliphatic hydroxyl groups is 1. The lowest BCUT2D eigenvalue weighted by Crippen LogP contribution is -2.43. The van der Waals surface area contributed by atoms with E-state index in [-0.39, 0.29) is 12.2 Å². The van der Waals surface area contributed by atoms with E-state index < -0.39 is 0 Å². The number of cyclic esters (lactones) is 1. The Hall–Kier alpha value is -0.770. The topological polar surface area (TPSA) is 49.8 Å². The third-order valence-corrected chi connectivity index (χ3v) is 2.10. The number of nitrogens with zero attached hydrogens (tertiary/aromatic N) is 1. The van der Waals surface area contributed by atoms with Crippen molar-refractivity contribution < 1.29 is 14.6 Å². The van der Waals surface area contributed by atoms with Gasteiger partial charge in [0, 0.05) is 19.0 Å². The summed E-state index contributed by atoms with van der Waals surface area (Å²) in [6.07, 6.45) is 0.00531. The van der Waals surface area contributed by atoms with E-state index in [0.717, 1.165) is 6.54 Å². The quantitative estimate of drug-likeness (QED) is 0.712. The normalized spacial score (nSPS) is 25.6. The number of hydrogen-bond acceptors (Lipinski definition) is 3. The molecular weight excluding hydrogens is 170 g/mol. The second kappa shape index (κ2) is 4.46. The van der Waals surface area contributed by atoms with Crippen LogP contribution in [0, 0.1) is 5.92 Å². The van der Waals surface area contributed by atoms with E-state index in [4.69, 9.17) is 9.84 Å². The van der Waals surface area contributed by atoms with Gasteiger partial charge in [0.15, 0.2) is 0 Å². The zero-order valence-corrected chi connectivity index (χ0v) is 8.19. The first-order chi connectivity index (χ1) is 6.09. The largest absolute Gasteiger partial charge is 0.449 e. The molecule has 4 nitrogen and oxygen atoms in total. The van der Waals surface area contributed by atoms with Gasteiger partial charge in [0.2, 0.25) is 0 Å². The van der Waals surface area contributed by atoms with Gasteiger partial charge in [0.05, 0.1) is 12.7 Å². The van der Waals surface area contributed by atoms with Crippen molar-refractivity contribution in [3.63, 3.8) is 0 Å². The summed E-state index contributed by atoms with van der Waals surface area (Å²) in [6, 6.07) is 0. The molecule has 1 fully saturated rings. The molecule has 1 saturated heterocycles. The summed E-state index contributed by atoms with van der Waals surface area (Å²) < 4.78 is 4.94. The average Bonchev–Trinajstić information content (AvgIpc) is 2.06. The Kier molecular flexibility index (Phi) is 3.54. The molecule has 13 heavy (non-hydrogen) atoms. The van der Waals surface area contributed by atoms with Gasteiger partial charge in [-0.2, -0.15) is 0 Å². The van der Waals surface area contributed by atoms with Gasteiger partial charge in [-0.05, 0) is 13.3 Å². The zero-order chi connectivity index (χ0) is 9.84. The summed E-state index contributed by atoms with van der Waals surface area (Å²) in [6.45, 7) is 5.61. The Labute approximate surface area is 78.5 Å². The van der Waals surface area contributed by atoms with E-state index in [1.165, 1.54) is 0 Å². The summed E-state index contributed by atoms with van der Waals surface area (Å²) in [5.41, 5.74) is 0. The second-order valence-corrected chi connectivity index (χ2v) is 3.77. The number of hydrogen-bond donors (Lipinski definition) is 1. The fourth-order valence-corrected chi connectivity index (χ4v) is 1.33. The van der Waals surface area contributed by atoms with Crippen molar-refractivity contribution in [1.29, 1.82) is 0 Å². The summed E-state index contributed by atoms with van der Waals surface area (Å²) >= 11 is 0. The second-order valence-electron chi connectivity index (χ2n) is 3.77. The van der Waals surface area contributed by atoms with E-state index in [0.29, 0.717) is 25.5 Å². The Morgan fingerprint density at radius 3 is 3.08 bits per heavy atom. The molecular formula is C9H17NO3. The minimum atomic E-state index is -0.356. The van der Waals surface area contributed by atoms with Crippen molar-refractivity contribution in [3.05, 3.63) is 0 Å². The van der Waals surface area contributed by atoms with Crippen LogP contribution >= 0.6 is 0 Å². The number of carbonyl (C=O) groups is 1. The van der Waals surface area contributed by atoms with Gasteiger partial charge in [-0.15, -0.1) is 0 Å². The smallest absolute Gasteiger partial charge is 0.409 e. The van der Waals surface area contributed by atoms with E-state index in [1.54, 1.807) is 11.8 Å². The summed E-state index contributed by atoms with van der Waals surface area (Å²) in [4.78, 5) is 12.8. The molecule has 1 heterocycles. The molecule has 0 aromatic carbocycles. The molecule has 0 aromatic rings. The number of ether oxygens (including phenoxy) is 1. The lowest BCUT2D eigenvalue weighted by molar-refractivity contribution is 0.0425.